The molecule has 1 aromatic rings. The van der Waals surface area contributed by atoms with Gasteiger partial charge in [-0.05, 0) is 13.3 Å². The van der Waals surface area contributed by atoms with Crippen LogP contribution in [0, 0.1) is 17.0 Å². The Morgan fingerprint density at radius 3 is 2.79 bits per heavy atom. The molecule has 1 saturated heterocycles. The van der Waals surface area contributed by atoms with Gasteiger partial charge in [-0.1, -0.05) is 18.7 Å². The molecular weight excluding hydrogens is 268 g/mol. The summed E-state index contributed by atoms with van der Waals surface area (Å²) in [7, 11) is 0. The smallest absolute Gasteiger partial charge is 0.322 e. The summed E-state index contributed by atoms with van der Waals surface area (Å²) in [5.74, 6) is 0.452. The number of aryl methyl sites for hydroxylation is 1. The fraction of sp³-hybridized carbons (Fsp3) is 0.636. The standard InChI is InChI=1S/C11H16N4O3S/c1-3-4-12-11-13-7(2)9(15(16)17)10(14-11)19-8-5-18-6-8/h8H,3-6H2,1-2H3,(H,12,13,14). The van der Waals surface area contributed by atoms with Crippen molar-refractivity contribution in [1.82, 2.24) is 9.97 Å². The molecule has 1 aromatic heterocycles. The molecule has 1 N–H and O–H groups in total. The summed E-state index contributed by atoms with van der Waals surface area (Å²) < 4.78 is 5.08. The van der Waals surface area contributed by atoms with E-state index in [0.29, 0.717) is 29.9 Å². The molecule has 0 amide bonds. The maximum atomic E-state index is 11.1. The van der Waals surface area contributed by atoms with Crippen molar-refractivity contribution >= 4 is 23.4 Å². The van der Waals surface area contributed by atoms with Crippen LogP contribution >= 0.6 is 11.8 Å². The lowest BCUT2D eigenvalue weighted by Gasteiger charge is -2.24. The Hall–Kier alpha value is -1.41. The molecule has 0 spiro atoms. The number of nitrogens with one attached hydrogen (secondary N) is 1. The van der Waals surface area contributed by atoms with E-state index in [1.54, 1.807) is 6.92 Å². The molecule has 0 bridgehead atoms. The first-order valence-corrected chi connectivity index (χ1v) is 7.01. The molecule has 0 atom stereocenters. The van der Waals surface area contributed by atoms with E-state index < -0.39 is 4.92 Å². The summed E-state index contributed by atoms with van der Waals surface area (Å²) in [5, 5.41) is 14.8. The number of thioether (sulfide) groups is 1. The number of ether oxygens (including phenoxy) is 1. The fourth-order valence-electron chi connectivity index (χ4n) is 1.59. The second kappa shape index (κ2) is 6.16. The van der Waals surface area contributed by atoms with Gasteiger partial charge in [0.1, 0.15) is 5.69 Å². The summed E-state index contributed by atoms with van der Waals surface area (Å²) >= 11 is 1.39. The minimum Gasteiger partial charge on any atom is -0.379 e. The molecule has 2 heterocycles. The predicted molar refractivity (Wildman–Crippen MR) is 72.7 cm³/mol. The first-order valence-electron chi connectivity index (χ1n) is 6.13. The highest BCUT2D eigenvalue weighted by Gasteiger charge is 2.28. The van der Waals surface area contributed by atoms with Crippen molar-refractivity contribution < 1.29 is 9.66 Å². The van der Waals surface area contributed by atoms with E-state index in [4.69, 9.17) is 4.74 Å². The van der Waals surface area contributed by atoms with Crippen molar-refractivity contribution in [3.63, 3.8) is 0 Å². The first kappa shape index (κ1) is 14.0. The number of nitro groups is 1. The number of nitrogens with zero attached hydrogens (tertiary/aromatic N) is 3. The van der Waals surface area contributed by atoms with Crippen LogP contribution in [0.1, 0.15) is 19.0 Å². The third kappa shape index (κ3) is 3.32. The molecule has 0 saturated carbocycles. The van der Waals surface area contributed by atoms with Crippen molar-refractivity contribution in [2.24, 2.45) is 0 Å². The molecule has 8 heteroatoms. The van der Waals surface area contributed by atoms with Crippen LogP contribution in [0.3, 0.4) is 0 Å². The van der Waals surface area contributed by atoms with Crippen LogP contribution < -0.4 is 5.32 Å². The van der Waals surface area contributed by atoms with Gasteiger partial charge in [0.25, 0.3) is 0 Å². The van der Waals surface area contributed by atoms with Gasteiger partial charge in [-0.3, -0.25) is 10.1 Å². The van der Waals surface area contributed by atoms with E-state index in [0.717, 1.165) is 13.0 Å². The third-order valence-electron chi connectivity index (χ3n) is 2.63. The van der Waals surface area contributed by atoms with Gasteiger partial charge in [-0.2, -0.15) is 4.98 Å². The van der Waals surface area contributed by atoms with E-state index >= 15 is 0 Å². The molecule has 2 rings (SSSR count). The van der Waals surface area contributed by atoms with Gasteiger partial charge >= 0.3 is 5.69 Å². The van der Waals surface area contributed by atoms with Crippen molar-refractivity contribution in [3.05, 3.63) is 15.8 Å². The van der Waals surface area contributed by atoms with Crippen LogP contribution in [-0.4, -0.2) is 39.9 Å². The average Bonchev–Trinajstić information content (AvgIpc) is 2.30. The van der Waals surface area contributed by atoms with E-state index in [2.05, 4.69) is 15.3 Å². The molecule has 104 valence electrons. The fourth-order valence-corrected chi connectivity index (χ4v) is 2.71. The van der Waals surface area contributed by atoms with E-state index in [9.17, 15) is 10.1 Å². The Kier molecular flexibility index (Phi) is 4.54. The SMILES string of the molecule is CCCNc1nc(C)c([N+](=O)[O-])c(SC2COC2)n1. The maximum Gasteiger partial charge on any atom is 0.322 e. The highest BCUT2D eigenvalue weighted by Crippen LogP contribution is 2.35. The highest BCUT2D eigenvalue weighted by atomic mass is 32.2. The zero-order valence-corrected chi connectivity index (χ0v) is 11.7. The monoisotopic (exact) mass is 284 g/mol. The number of hydrogen-bond donors (Lipinski definition) is 1. The van der Waals surface area contributed by atoms with Gasteiger partial charge in [-0.25, -0.2) is 4.98 Å². The summed E-state index contributed by atoms with van der Waals surface area (Å²) in [4.78, 5) is 19.1. The Labute approximate surface area is 115 Å². The third-order valence-corrected chi connectivity index (χ3v) is 3.74. The lowest BCUT2D eigenvalue weighted by Crippen LogP contribution is -2.30. The van der Waals surface area contributed by atoms with Crippen molar-refractivity contribution in [2.75, 3.05) is 25.1 Å². The van der Waals surface area contributed by atoms with E-state index in [-0.39, 0.29) is 10.9 Å². The zero-order chi connectivity index (χ0) is 13.8. The summed E-state index contributed by atoms with van der Waals surface area (Å²) in [5.41, 5.74) is 0.389. The molecule has 0 unspecified atom stereocenters. The van der Waals surface area contributed by atoms with Gasteiger partial charge in [0.15, 0.2) is 5.03 Å². The quantitative estimate of drug-likeness (QED) is 0.485. The molecule has 1 aliphatic heterocycles. The molecule has 19 heavy (non-hydrogen) atoms. The number of hydrogen-bond acceptors (Lipinski definition) is 7. The van der Waals surface area contributed by atoms with E-state index in [1.165, 1.54) is 11.8 Å². The lowest BCUT2D eigenvalue weighted by atomic mass is 10.4. The number of rotatable bonds is 6. The van der Waals surface area contributed by atoms with Gasteiger partial charge in [0.05, 0.1) is 23.4 Å². The zero-order valence-electron chi connectivity index (χ0n) is 10.9. The Morgan fingerprint density at radius 1 is 1.53 bits per heavy atom. The molecule has 1 aliphatic rings. The minimum absolute atomic E-state index is 0.000974. The van der Waals surface area contributed by atoms with Crippen molar-refractivity contribution in [1.29, 1.82) is 0 Å². The summed E-state index contributed by atoms with van der Waals surface area (Å²) in [6, 6.07) is 0. The van der Waals surface area contributed by atoms with Crippen LogP contribution in [0.5, 0.6) is 0 Å². The molecule has 0 aliphatic carbocycles. The van der Waals surface area contributed by atoms with Crippen LogP contribution in [0.25, 0.3) is 0 Å². The molecular formula is C11H16N4O3S. The minimum atomic E-state index is -0.416. The number of anilines is 1. The number of aromatic nitrogens is 2. The average molecular weight is 284 g/mol. The van der Waals surface area contributed by atoms with E-state index in [1.807, 2.05) is 6.92 Å². The first-order chi connectivity index (χ1) is 9.11. The molecule has 7 nitrogen and oxygen atoms in total. The summed E-state index contributed by atoms with van der Waals surface area (Å²) in [6.45, 7) is 5.64. The van der Waals surface area contributed by atoms with Crippen LogP contribution in [-0.2, 0) is 4.74 Å². The summed E-state index contributed by atoms with van der Waals surface area (Å²) in [6.07, 6.45) is 0.943. The van der Waals surface area contributed by atoms with Crippen LogP contribution in [0.4, 0.5) is 11.6 Å². The second-order valence-corrected chi connectivity index (χ2v) is 5.54. The van der Waals surface area contributed by atoms with Gasteiger partial charge < -0.3 is 10.1 Å². The van der Waals surface area contributed by atoms with Crippen molar-refractivity contribution in [3.8, 4) is 0 Å². The van der Waals surface area contributed by atoms with Crippen molar-refractivity contribution in [2.45, 2.75) is 30.5 Å². The molecule has 0 aromatic carbocycles. The predicted octanol–water partition coefficient (Wildman–Crippen LogP) is 2.01. The topological polar surface area (TPSA) is 90.2 Å². The Balaban J connectivity index is 2.27. The molecule has 1 fully saturated rings. The largest absolute Gasteiger partial charge is 0.379 e. The highest BCUT2D eigenvalue weighted by molar-refractivity contribution is 8.00. The Bertz CT molecular complexity index is 479. The second-order valence-electron chi connectivity index (χ2n) is 4.25. The lowest BCUT2D eigenvalue weighted by molar-refractivity contribution is -0.389. The van der Waals surface area contributed by atoms with Gasteiger partial charge in [0.2, 0.25) is 5.95 Å². The van der Waals surface area contributed by atoms with Gasteiger partial charge in [0, 0.05) is 6.54 Å². The molecule has 0 radical (unpaired) electrons. The Morgan fingerprint density at radius 2 is 2.26 bits per heavy atom. The van der Waals surface area contributed by atoms with Crippen LogP contribution in [0.15, 0.2) is 5.03 Å². The maximum absolute atomic E-state index is 11.1. The van der Waals surface area contributed by atoms with Gasteiger partial charge in [-0.15, -0.1) is 0 Å². The van der Waals surface area contributed by atoms with Crippen LogP contribution in [0.2, 0.25) is 0 Å². The normalized spacial score (nSPS) is 15.1.